The topological polar surface area (TPSA) is 17.1 Å². The Morgan fingerprint density at radius 3 is 2.25 bits per heavy atom. The maximum atomic E-state index is 11.1. The number of rotatable bonds is 1. The normalized spacial score (nSPS) is 10.0. The Hall–Kier alpha value is 0.200. The van der Waals surface area contributed by atoms with E-state index in [4.69, 9.17) is 23.2 Å². The van der Waals surface area contributed by atoms with Crippen molar-refractivity contribution in [2.75, 3.05) is 0 Å². The molecule has 0 aliphatic rings. The third-order valence-corrected chi connectivity index (χ3v) is 3.47. The van der Waals surface area contributed by atoms with Crippen molar-refractivity contribution in [3.63, 3.8) is 0 Å². The second-order valence-corrected chi connectivity index (χ2v) is 4.17. The van der Waals surface area contributed by atoms with Crippen LogP contribution in [0.3, 0.4) is 0 Å². The highest BCUT2D eigenvalue weighted by Crippen LogP contribution is 2.28. The zero-order chi connectivity index (χ0) is 9.30. The van der Waals surface area contributed by atoms with Crippen molar-refractivity contribution >= 4 is 51.6 Å². The monoisotopic (exact) mass is 314 g/mol. The van der Waals surface area contributed by atoms with E-state index < -0.39 is 0 Å². The zero-order valence-electron chi connectivity index (χ0n) is 6.20. The molecule has 0 saturated heterocycles. The molecule has 0 saturated carbocycles. The van der Waals surface area contributed by atoms with E-state index in [0.29, 0.717) is 19.2 Å². The average Bonchev–Trinajstić information content (AvgIpc) is 1.97. The number of Topliss-reactive ketones (excluding diaryl/α,β-unsaturated/α-hetero) is 1. The number of carbonyl (C=O) groups is 1. The fourth-order valence-corrected chi connectivity index (χ4v) is 2.31. The maximum Gasteiger partial charge on any atom is 0.162 e. The molecule has 1 nitrogen and oxygen atoms in total. The van der Waals surface area contributed by atoms with Gasteiger partial charge in [-0.15, -0.1) is 0 Å². The highest BCUT2D eigenvalue weighted by molar-refractivity contribution is 14.1. The first-order valence-corrected chi connectivity index (χ1v) is 5.02. The van der Waals surface area contributed by atoms with Crippen molar-refractivity contribution in [2.24, 2.45) is 0 Å². The van der Waals surface area contributed by atoms with E-state index in [9.17, 15) is 4.79 Å². The summed E-state index contributed by atoms with van der Waals surface area (Å²) in [6, 6.07) is 3.31. The molecule has 0 N–H and O–H groups in total. The zero-order valence-corrected chi connectivity index (χ0v) is 9.87. The standard InChI is InChI=1S/C8H5Cl2IO/c1-4(12)7-5(9)2-3-6(10)8(7)11/h2-3H,1H3. The Bertz CT molecular complexity index is 336. The molecule has 0 aromatic heterocycles. The summed E-state index contributed by atoms with van der Waals surface area (Å²) in [7, 11) is 0. The van der Waals surface area contributed by atoms with Gasteiger partial charge in [-0.25, -0.2) is 0 Å². The van der Waals surface area contributed by atoms with E-state index >= 15 is 0 Å². The minimum absolute atomic E-state index is 0.0631. The van der Waals surface area contributed by atoms with Crippen molar-refractivity contribution < 1.29 is 4.79 Å². The predicted octanol–water partition coefficient (Wildman–Crippen LogP) is 3.80. The van der Waals surface area contributed by atoms with Gasteiger partial charge in [-0.3, -0.25) is 4.79 Å². The fourth-order valence-electron chi connectivity index (χ4n) is 0.850. The Morgan fingerprint density at radius 1 is 1.33 bits per heavy atom. The summed E-state index contributed by atoms with van der Waals surface area (Å²) in [5.41, 5.74) is 0.504. The lowest BCUT2D eigenvalue weighted by molar-refractivity contribution is 0.101. The van der Waals surface area contributed by atoms with Crippen LogP contribution < -0.4 is 0 Å². The molecule has 64 valence electrons. The first-order chi connectivity index (χ1) is 5.54. The van der Waals surface area contributed by atoms with Crippen molar-refractivity contribution in [3.05, 3.63) is 31.3 Å². The van der Waals surface area contributed by atoms with Crippen molar-refractivity contribution in [2.45, 2.75) is 6.92 Å². The van der Waals surface area contributed by atoms with Crippen LogP contribution in [0.25, 0.3) is 0 Å². The van der Waals surface area contributed by atoms with Gasteiger partial charge in [-0.2, -0.15) is 0 Å². The van der Waals surface area contributed by atoms with Crippen LogP contribution in [-0.2, 0) is 0 Å². The number of halogens is 3. The average molecular weight is 315 g/mol. The summed E-state index contributed by atoms with van der Waals surface area (Å²) >= 11 is 13.6. The molecule has 0 bridgehead atoms. The molecule has 1 rings (SSSR count). The van der Waals surface area contributed by atoms with Crippen LogP contribution in [0.15, 0.2) is 12.1 Å². The van der Waals surface area contributed by atoms with Crippen molar-refractivity contribution in [3.8, 4) is 0 Å². The molecule has 0 heterocycles. The molecule has 12 heavy (non-hydrogen) atoms. The highest BCUT2D eigenvalue weighted by Gasteiger charge is 2.12. The number of hydrogen-bond acceptors (Lipinski definition) is 1. The van der Waals surface area contributed by atoms with Crippen LogP contribution >= 0.6 is 45.8 Å². The molecule has 0 spiro atoms. The number of ketones is 1. The molecule has 4 heteroatoms. The molecular formula is C8H5Cl2IO. The minimum Gasteiger partial charge on any atom is -0.294 e. The highest BCUT2D eigenvalue weighted by atomic mass is 127. The van der Waals surface area contributed by atoms with Crippen LogP contribution in [0, 0.1) is 3.57 Å². The van der Waals surface area contributed by atoms with Gasteiger partial charge in [-0.1, -0.05) is 23.2 Å². The molecule has 1 aromatic rings. The SMILES string of the molecule is CC(=O)c1c(Cl)ccc(Cl)c1I. The molecule has 0 amide bonds. The lowest BCUT2D eigenvalue weighted by Crippen LogP contribution is -1.97. The van der Waals surface area contributed by atoms with Gasteiger partial charge in [0.2, 0.25) is 0 Å². The Labute approximate surface area is 94.2 Å². The van der Waals surface area contributed by atoms with Gasteiger partial charge in [0.15, 0.2) is 5.78 Å². The van der Waals surface area contributed by atoms with Gasteiger partial charge < -0.3 is 0 Å². The summed E-state index contributed by atoms with van der Waals surface area (Å²) in [6.07, 6.45) is 0. The summed E-state index contributed by atoms with van der Waals surface area (Å²) in [5.74, 6) is -0.0631. The van der Waals surface area contributed by atoms with Crippen LogP contribution in [0.4, 0.5) is 0 Å². The molecule has 1 aromatic carbocycles. The van der Waals surface area contributed by atoms with Crippen LogP contribution in [0.2, 0.25) is 10.0 Å². The molecule has 0 aliphatic carbocycles. The van der Waals surface area contributed by atoms with E-state index in [1.54, 1.807) is 12.1 Å². The lowest BCUT2D eigenvalue weighted by Gasteiger charge is -2.03. The fraction of sp³-hybridized carbons (Fsp3) is 0.125. The van der Waals surface area contributed by atoms with Gasteiger partial charge in [0, 0.05) is 3.57 Å². The summed E-state index contributed by atoms with van der Waals surface area (Å²) in [5, 5.41) is 1.02. The lowest BCUT2D eigenvalue weighted by atomic mass is 10.1. The van der Waals surface area contributed by atoms with E-state index in [2.05, 4.69) is 0 Å². The van der Waals surface area contributed by atoms with Gasteiger partial charge >= 0.3 is 0 Å². The first-order valence-electron chi connectivity index (χ1n) is 3.18. The van der Waals surface area contributed by atoms with E-state index in [0.717, 1.165) is 0 Å². The Morgan fingerprint density at radius 2 is 1.83 bits per heavy atom. The second kappa shape index (κ2) is 3.94. The molecular weight excluding hydrogens is 310 g/mol. The molecule has 0 aliphatic heterocycles. The minimum atomic E-state index is -0.0631. The maximum absolute atomic E-state index is 11.1. The smallest absolute Gasteiger partial charge is 0.162 e. The molecule has 0 atom stereocenters. The number of carbonyl (C=O) groups excluding carboxylic acids is 1. The quantitative estimate of drug-likeness (QED) is 0.438. The van der Waals surface area contributed by atoms with Crippen LogP contribution in [-0.4, -0.2) is 5.78 Å². The van der Waals surface area contributed by atoms with Gasteiger partial charge in [0.25, 0.3) is 0 Å². The third-order valence-electron chi connectivity index (χ3n) is 1.40. The molecule has 0 radical (unpaired) electrons. The van der Waals surface area contributed by atoms with Crippen LogP contribution in [0.5, 0.6) is 0 Å². The first kappa shape index (κ1) is 10.3. The number of benzene rings is 1. The molecule has 0 unspecified atom stereocenters. The van der Waals surface area contributed by atoms with E-state index in [1.807, 2.05) is 22.6 Å². The summed E-state index contributed by atoms with van der Waals surface area (Å²) in [4.78, 5) is 11.1. The largest absolute Gasteiger partial charge is 0.294 e. The van der Waals surface area contributed by atoms with E-state index in [1.165, 1.54) is 6.92 Å². The Balaban J connectivity index is 3.43. The Kier molecular flexibility index (Phi) is 3.37. The number of hydrogen-bond donors (Lipinski definition) is 0. The van der Waals surface area contributed by atoms with Gasteiger partial charge in [-0.05, 0) is 41.6 Å². The van der Waals surface area contributed by atoms with Crippen molar-refractivity contribution in [1.29, 1.82) is 0 Å². The van der Waals surface area contributed by atoms with Gasteiger partial charge in [0.1, 0.15) is 0 Å². The summed E-state index contributed by atoms with van der Waals surface area (Å²) < 4.78 is 0.717. The van der Waals surface area contributed by atoms with Crippen molar-refractivity contribution in [1.82, 2.24) is 0 Å². The van der Waals surface area contributed by atoms with E-state index in [-0.39, 0.29) is 5.78 Å². The predicted molar refractivity (Wildman–Crippen MR) is 59.2 cm³/mol. The second-order valence-electron chi connectivity index (χ2n) is 2.27. The third kappa shape index (κ3) is 1.92. The van der Waals surface area contributed by atoms with Crippen LogP contribution in [0.1, 0.15) is 17.3 Å². The molecule has 0 fully saturated rings. The van der Waals surface area contributed by atoms with Gasteiger partial charge in [0.05, 0.1) is 15.6 Å². The summed E-state index contributed by atoms with van der Waals surface area (Å²) in [6.45, 7) is 1.47.